The number of H-pyrrole nitrogens is 1. The van der Waals surface area contributed by atoms with Gasteiger partial charge in [-0.1, -0.05) is 19.1 Å². The summed E-state index contributed by atoms with van der Waals surface area (Å²) in [7, 11) is 0. The lowest BCUT2D eigenvalue weighted by Crippen LogP contribution is -2.01. The van der Waals surface area contributed by atoms with Gasteiger partial charge < -0.3 is 0 Å². The monoisotopic (exact) mass is 329 g/mol. The number of nitrogens with zero attached hydrogens (tertiary/aromatic N) is 2. The molecule has 22 heavy (non-hydrogen) atoms. The van der Waals surface area contributed by atoms with Crippen molar-refractivity contribution in [2.24, 2.45) is 0 Å². The van der Waals surface area contributed by atoms with Gasteiger partial charge in [0, 0.05) is 15.8 Å². The Morgan fingerprint density at radius 1 is 1.27 bits per heavy atom. The standard InChI is InChI=1S/C17H19N3S2/c1-5-13-12(4)22-9-14(13)16-18-19-17(21)20(16)15-8-10(2)6-7-11(15)3/h6-9H,5H2,1-4H3,(H,19,21). The molecule has 114 valence electrons. The first kappa shape index (κ1) is 15.2. The molecule has 0 atom stereocenters. The summed E-state index contributed by atoms with van der Waals surface area (Å²) in [6, 6.07) is 6.41. The molecule has 2 heterocycles. The average Bonchev–Trinajstić information content (AvgIpc) is 3.04. The largest absolute Gasteiger partial charge is 0.268 e. The van der Waals surface area contributed by atoms with Gasteiger partial charge in [0.25, 0.3) is 0 Å². The highest BCUT2D eigenvalue weighted by Gasteiger charge is 2.17. The van der Waals surface area contributed by atoms with Crippen molar-refractivity contribution in [2.75, 3.05) is 0 Å². The minimum Gasteiger partial charge on any atom is -0.268 e. The summed E-state index contributed by atoms with van der Waals surface area (Å²) >= 11 is 7.26. The van der Waals surface area contributed by atoms with Gasteiger partial charge in [0.2, 0.25) is 0 Å². The van der Waals surface area contributed by atoms with Crippen LogP contribution >= 0.6 is 23.6 Å². The van der Waals surface area contributed by atoms with Crippen LogP contribution in [0.2, 0.25) is 0 Å². The number of thiophene rings is 1. The summed E-state index contributed by atoms with van der Waals surface area (Å²) in [5.41, 5.74) is 6.03. The summed E-state index contributed by atoms with van der Waals surface area (Å²) in [6.45, 7) is 8.55. The van der Waals surface area contributed by atoms with Crippen LogP contribution in [0.25, 0.3) is 17.1 Å². The maximum Gasteiger partial charge on any atom is 0.200 e. The molecule has 3 nitrogen and oxygen atoms in total. The number of aromatic amines is 1. The molecule has 0 bridgehead atoms. The Hall–Kier alpha value is -1.72. The lowest BCUT2D eigenvalue weighted by molar-refractivity contribution is 1.01. The first-order valence-electron chi connectivity index (χ1n) is 7.35. The van der Waals surface area contributed by atoms with E-state index in [-0.39, 0.29) is 0 Å². The maximum absolute atomic E-state index is 5.49. The number of rotatable bonds is 3. The van der Waals surface area contributed by atoms with Crippen LogP contribution in [0.4, 0.5) is 0 Å². The van der Waals surface area contributed by atoms with Gasteiger partial charge in [-0.2, -0.15) is 5.10 Å². The van der Waals surface area contributed by atoms with E-state index >= 15 is 0 Å². The van der Waals surface area contributed by atoms with E-state index in [1.54, 1.807) is 11.3 Å². The highest BCUT2D eigenvalue weighted by Crippen LogP contribution is 2.32. The van der Waals surface area contributed by atoms with Crippen molar-refractivity contribution < 1.29 is 0 Å². The van der Waals surface area contributed by atoms with Crippen molar-refractivity contribution in [3.8, 4) is 17.1 Å². The fourth-order valence-corrected chi connectivity index (χ4v) is 3.94. The van der Waals surface area contributed by atoms with Gasteiger partial charge in [-0.15, -0.1) is 11.3 Å². The molecule has 3 aromatic rings. The van der Waals surface area contributed by atoms with Crippen LogP contribution in [0.1, 0.15) is 28.5 Å². The van der Waals surface area contributed by atoms with E-state index in [2.05, 4.69) is 66.0 Å². The zero-order valence-electron chi connectivity index (χ0n) is 13.2. The molecular weight excluding hydrogens is 310 g/mol. The van der Waals surface area contributed by atoms with Gasteiger partial charge in [0.1, 0.15) is 0 Å². The van der Waals surface area contributed by atoms with Crippen molar-refractivity contribution in [2.45, 2.75) is 34.1 Å². The Balaban J connectivity index is 2.29. The van der Waals surface area contributed by atoms with Crippen molar-refractivity contribution in [3.05, 3.63) is 49.9 Å². The van der Waals surface area contributed by atoms with Crippen LogP contribution in [0, 0.1) is 25.5 Å². The molecular formula is C17H19N3S2. The number of nitrogens with one attached hydrogen (secondary N) is 1. The lowest BCUT2D eigenvalue weighted by atomic mass is 10.1. The van der Waals surface area contributed by atoms with Crippen LogP contribution in [0.5, 0.6) is 0 Å². The zero-order valence-corrected chi connectivity index (χ0v) is 14.9. The van der Waals surface area contributed by atoms with Crippen molar-refractivity contribution in [1.82, 2.24) is 14.8 Å². The maximum atomic E-state index is 5.49. The highest BCUT2D eigenvalue weighted by molar-refractivity contribution is 7.71. The second kappa shape index (κ2) is 5.82. The zero-order chi connectivity index (χ0) is 15.9. The fraction of sp³-hybridized carbons (Fsp3) is 0.294. The average molecular weight is 329 g/mol. The Bertz CT molecular complexity index is 884. The number of hydrogen-bond donors (Lipinski definition) is 1. The molecule has 0 aliphatic rings. The third-order valence-electron chi connectivity index (χ3n) is 3.98. The number of hydrogen-bond acceptors (Lipinski definition) is 3. The van der Waals surface area contributed by atoms with E-state index in [1.165, 1.54) is 27.1 Å². The van der Waals surface area contributed by atoms with E-state index in [0.717, 1.165) is 17.9 Å². The summed E-state index contributed by atoms with van der Waals surface area (Å²) in [4.78, 5) is 1.35. The molecule has 1 N–H and O–H groups in total. The molecule has 0 fully saturated rings. The Morgan fingerprint density at radius 2 is 2.05 bits per heavy atom. The molecule has 0 aliphatic heterocycles. The van der Waals surface area contributed by atoms with E-state index in [4.69, 9.17) is 12.2 Å². The van der Waals surface area contributed by atoms with Gasteiger partial charge in [0.05, 0.1) is 5.69 Å². The van der Waals surface area contributed by atoms with Crippen molar-refractivity contribution >= 4 is 23.6 Å². The number of aromatic nitrogens is 3. The van der Waals surface area contributed by atoms with E-state index in [9.17, 15) is 0 Å². The van der Waals surface area contributed by atoms with Crippen LogP contribution in [0.3, 0.4) is 0 Å². The molecule has 0 spiro atoms. The minimum absolute atomic E-state index is 0.634. The number of benzene rings is 1. The smallest absolute Gasteiger partial charge is 0.200 e. The summed E-state index contributed by atoms with van der Waals surface area (Å²) in [5, 5.41) is 9.65. The topological polar surface area (TPSA) is 33.6 Å². The van der Waals surface area contributed by atoms with Crippen LogP contribution in [0.15, 0.2) is 23.6 Å². The lowest BCUT2D eigenvalue weighted by Gasteiger charge is -2.11. The van der Waals surface area contributed by atoms with Crippen molar-refractivity contribution in [1.29, 1.82) is 0 Å². The Labute approximate surface area is 139 Å². The Morgan fingerprint density at radius 3 is 2.77 bits per heavy atom. The van der Waals surface area contributed by atoms with E-state index in [0.29, 0.717) is 4.77 Å². The predicted octanol–water partition coefficient (Wildman–Crippen LogP) is 5.15. The summed E-state index contributed by atoms with van der Waals surface area (Å²) < 4.78 is 2.69. The fourth-order valence-electron chi connectivity index (χ4n) is 2.77. The molecule has 0 saturated carbocycles. The molecule has 0 radical (unpaired) electrons. The SMILES string of the molecule is CCc1c(-c2n[nH]c(=S)n2-c2cc(C)ccc2C)csc1C. The van der Waals surface area contributed by atoms with Gasteiger partial charge in [-0.25, -0.2) is 0 Å². The molecule has 2 aromatic heterocycles. The first-order chi connectivity index (χ1) is 10.5. The summed E-state index contributed by atoms with van der Waals surface area (Å²) in [5.74, 6) is 0.903. The molecule has 3 rings (SSSR count). The Kier molecular flexibility index (Phi) is 4.02. The van der Waals surface area contributed by atoms with Crippen molar-refractivity contribution in [3.63, 3.8) is 0 Å². The third kappa shape index (κ3) is 2.44. The van der Waals surface area contributed by atoms with Gasteiger partial charge in [-0.3, -0.25) is 9.67 Å². The molecule has 0 aliphatic carbocycles. The molecule has 5 heteroatoms. The second-order valence-corrected chi connectivity index (χ2v) is 6.99. The molecule has 0 amide bonds. The highest BCUT2D eigenvalue weighted by atomic mass is 32.1. The predicted molar refractivity (Wildman–Crippen MR) is 95.7 cm³/mol. The van der Waals surface area contributed by atoms with Gasteiger partial charge in [0.15, 0.2) is 10.6 Å². The van der Waals surface area contributed by atoms with E-state index < -0.39 is 0 Å². The van der Waals surface area contributed by atoms with Gasteiger partial charge >= 0.3 is 0 Å². The molecule has 0 unspecified atom stereocenters. The quantitative estimate of drug-likeness (QED) is 0.675. The van der Waals surface area contributed by atoms with Crippen LogP contribution < -0.4 is 0 Å². The van der Waals surface area contributed by atoms with Crippen LogP contribution in [-0.2, 0) is 6.42 Å². The van der Waals surface area contributed by atoms with Gasteiger partial charge in [-0.05, 0) is 62.2 Å². The number of aryl methyl sites for hydroxylation is 3. The second-order valence-electron chi connectivity index (χ2n) is 5.52. The van der Waals surface area contributed by atoms with Crippen LogP contribution in [-0.4, -0.2) is 14.8 Å². The minimum atomic E-state index is 0.634. The summed E-state index contributed by atoms with van der Waals surface area (Å²) in [6.07, 6.45) is 0.997. The van der Waals surface area contributed by atoms with E-state index in [1.807, 2.05) is 0 Å². The molecule has 1 aromatic carbocycles. The molecule has 0 saturated heterocycles. The third-order valence-corrected chi connectivity index (χ3v) is 5.20. The normalized spacial score (nSPS) is 11.1. The first-order valence-corrected chi connectivity index (χ1v) is 8.64.